The Hall–Kier alpha value is -1.94. The zero-order valence-electron chi connectivity index (χ0n) is 13.5. The summed E-state index contributed by atoms with van der Waals surface area (Å²) < 4.78 is 17.4. The van der Waals surface area contributed by atoms with Gasteiger partial charge in [0.25, 0.3) is 0 Å². The van der Waals surface area contributed by atoms with E-state index in [1.165, 1.54) is 0 Å². The number of carbonyl (C=O) groups is 1. The van der Waals surface area contributed by atoms with Gasteiger partial charge in [-0.3, -0.25) is 9.36 Å². The maximum Gasteiger partial charge on any atom is 0.343 e. The summed E-state index contributed by atoms with van der Waals surface area (Å²) in [5, 5.41) is -1.94. The monoisotopic (exact) mass is 348 g/mol. The van der Waals surface area contributed by atoms with Crippen molar-refractivity contribution < 1.29 is 23.9 Å². The van der Waals surface area contributed by atoms with Gasteiger partial charge in [-0.05, 0) is 18.1 Å². The highest BCUT2D eigenvalue weighted by Crippen LogP contribution is 2.54. The molecule has 0 fully saturated rings. The van der Waals surface area contributed by atoms with Crippen LogP contribution < -0.4 is 0 Å². The van der Waals surface area contributed by atoms with Crippen LogP contribution in [-0.4, -0.2) is 27.5 Å². The van der Waals surface area contributed by atoms with Gasteiger partial charge >= 0.3 is 13.6 Å². The Bertz CT molecular complexity index is 667. The first-order valence-corrected chi connectivity index (χ1v) is 9.31. The molecule has 24 heavy (non-hydrogen) atoms. The van der Waals surface area contributed by atoms with Gasteiger partial charge in [-0.15, -0.1) is 0 Å². The molecular formula is C18H21O5P. The predicted octanol–water partition coefficient (Wildman–Crippen LogP) is 2.95. The summed E-state index contributed by atoms with van der Waals surface area (Å²) in [4.78, 5) is 32.7. The highest BCUT2D eigenvalue weighted by Gasteiger charge is 2.54. The first-order chi connectivity index (χ1) is 11.4. The molecule has 0 aliphatic carbocycles. The summed E-state index contributed by atoms with van der Waals surface area (Å²) in [7, 11) is -4.80. The fraction of sp³-hybridized carbons (Fsp3) is 0.278. The van der Waals surface area contributed by atoms with E-state index in [2.05, 4.69) is 0 Å². The van der Waals surface area contributed by atoms with Crippen LogP contribution in [0.25, 0.3) is 0 Å². The van der Waals surface area contributed by atoms with E-state index in [1.54, 1.807) is 55.5 Å². The Kier molecular flexibility index (Phi) is 5.94. The number of benzene rings is 2. The summed E-state index contributed by atoms with van der Waals surface area (Å²) >= 11 is 0. The number of rotatable bonds is 7. The standard InChI is InChI=1S/C18H21O5P/c1-2-23-17(19)18(24(20,21)22,13-15-9-5-3-6-10-15)14-16-11-7-4-8-12-16/h3-12H,2,13-14H2,1H3,(H2,20,21,22). The van der Waals surface area contributed by atoms with Crippen LogP contribution in [0.3, 0.4) is 0 Å². The highest BCUT2D eigenvalue weighted by atomic mass is 31.2. The lowest BCUT2D eigenvalue weighted by Gasteiger charge is -2.32. The molecule has 0 amide bonds. The van der Waals surface area contributed by atoms with E-state index in [9.17, 15) is 19.1 Å². The minimum absolute atomic E-state index is 0.0597. The van der Waals surface area contributed by atoms with Gasteiger partial charge in [0.15, 0.2) is 5.16 Å². The third kappa shape index (κ3) is 4.12. The minimum Gasteiger partial charge on any atom is -0.465 e. The molecule has 0 heterocycles. The number of hydrogen-bond donors (Lipinski definition) is 2. The molecule has 2 aromatic rings. The highest BCUT2D eigenvalue weighted by molar-refractivity contribution is 7.54. The first kappa shape index (κ1) is 18.4. The zero-order chi connectivity index (χ0) is 17.6. The van der Waals surface area contributed by atoms with Crippen molar-refractivity contribution >= 4 is 13.6 Å². The molecule has 0 atom stereocenters. The predicted molar refractivity (Wildman–Crippen MR) is 91.7 cm³/mol. The van der Waals surface area contributed by atoms with Crippen LogP contribution in [0.4, 0.5) is 0 Å². The molecule has 2 rings (SSSR count). The molecular weight excluding hydrogens is 327 g/mol. The molecule has 0 saturated heterocycles. The summed E-state index contributed by atoms with van der Waals surface area (Å²) in [5.74, 6) is -0.869. The lowest BCUT2D eigenvalue weighted by Crippen LogP contribution is -2.44. The summed E-state index contributed by atoms with van der Waals surface area (Å²) in [5.41, 5.74) is 1.34. The zero-order valence-corrected chi connectivity index (χ0v) is 14.4. The normalized spacial score (nSPS) is 12.0. The smallest absolute Gasteiger partial charge is 0.343 e. The van der Waals surface area contributed by atoms with Gasteiger partial charge in [0, 0.05) is 12.8 Å². The van der Waals surface area contributed by atoms with Gasteiger partial charge in [-0.25, -0.2) is 0 Å². The number of ether oxygens (including phenoxy) is 1. The molecule has 2 N–H and O–H groups in total. The van der Waals surface area contributed by atoms with E-state index in [-0.39, 0.29) is 19.4 Å². The topological polar surface area (TPSA) is 83.8 Å². The van der Waals surface area contributed by atoms with E-state index in [4.69, 9.17) is 4.74 Å². The summed E-state index contributed by atoms with van der Waals surface area (Å²) in [6.45, 7) is 1.68. The third-order valence-electron chi connectivity index (χ3n) is 3.89. The molecule has 0 aliphatic rings. The third-order valence-corrected chi connectivity index (χ3v) is 5.51. The molecule has 6 heteroatoms. The second-order valence-electron chi connectivity index (χ2n) is 5.62. The van der Waals surface area contributed by atoms with Gasteiger partial charge in [-0.2, -0.15) is 0 Å². The Balaban J connectivity index is 2.51. The average molecular weight is 348 g/mol. The van der Waals surface area contributed by atoms with Crippen molar-refractivity contribution in [1.29, 1.82) is 0 Å². The van der Waals surface area contributed by atoms with Crippen LogP contribution in [0.2, 0.25) is 0 Å². The lowest BCUT2D eigenvalue weighted by atomic mass is 9.91. The largest absolute Gasteiger partial charge is 0.465 e. The molecule has 0 spiro atoms. The van der Waals surface area contributed by atoms with Crippen LogP contribution in [0, 0.1) is 0 Å². The molecule has 0 aromatic heterocycles. The average Bonchev–Trinajstić information content (AvgIpc) is 2.55. The maximum atomic E-state index is 12.6. The van der Waals surface area contributed by atoms with Crippen molar-refractivity contribution in [3.05, 3.63) is 71.8 Å². The minimum atomic E-state index is -4.80. The van der Waals surface area contributed by atoms with E-state index in [0.717, 1.165) is 0 Å². The molecule has 5 nitrogen and oxygen atoms in total. The molecule has 128 valence electrons. The van der Waals surface area contributed by atoms with Crippen LogP contribution >= 0.6 is 7.60 Å². The quantitative estimate of drug-likeness (QED) is 0.594. The van der Waals surface area contributed by atoms with Crippen LogP contribution in [-0.2, 0) is 26.9 Å². The Morgan fingerprint density at radius 3 is 1.71 bits per heavy atom. The van der Waals surface area contributed by atoms with E-state index in [0.29, 0.717) is 11.1 Å². The molecule has 0 aliphatic heterocycles. The number of hydrogen-bond acceptors (Lipinski definition) is 3. The van der Waals surface area contributed by atoms with E-state index >= 15 is 0 Å². The van der Waals surface area contributed by atoms with Crippen molar-refractivity contribution in [2.75, 3.05) is 6.61 Å². The first-order valence-electron chi connectivity index (χ1n) is 7.70. The Morgan fingerprint density at radius 1 is 0.958 bits per heavy atom. The maximum absolute atomic E-state index is 12.6. The second-order valence-corrected chi connectivity index (χ2v) is 7.56. The molecule has 0 radical (unpaired) electrons. The lowest BCUT2D eigenvalue weighted by molar-refractivity contribution is -0.147. The van der Waals surface area contributed by atoms with Gasteiger partial charge in [0.05, 0.1) is 6.61 Å². The van der Waals surface area contributed by atoms with Crippen molar-refractivity contribution in [1.82, 2.24) is 0 Å². The summed E-state index contributed by atoms with van der Waals surface area (Å²) in [6.07, 6.45) is -0.183. The number of carbonyl (C=O) groups excluding carboxylic acids is 1. The van der Waals surface area contributed by atoms with Crippen LogP contribution in [0.15, 0.2) is 60.7 Å². The van der Waals surface area contributed by atoms with Crippen molar-refractivity contribution in [3.8, 4) is 0 Å². The van der Waals surface area contributed by atoms with Gasteiger partial charge < -0.3 is 14.5 Å². The second kappa shape index (κ2) is 7.75. The molecule has 0 bridgehead atoms. The molecule has 0 saturated carbocycles. The van der Waals surface area contributed by atoms with E-state index in [1.807, 2.05) is 12.1 Å². The Labute approximate surface area is 141 Å². The van der Waals surface area contributed by atoms with E-state index < -0.39 is 18.7 Å². The SMILES string of the molecule is CCOC(=O)C(Cc1ccccc1)(Cc1ccccc1)P(=O)(O)O. The Morgan fingerprint density at radius 2 is 1.38 bits per heavy atom. The van der Waals surface area contributed by atoms with Gasteiger partial charge in [0.1, 0.15) is 0 Å². The molecule has 2 aromatic carbocycles. The van der Waals surface area contributed by atoms with Crippen LogP contribution in [0.5, 0.6) is 0 Å². The van der Waals surface area contributed by atoms with Crippen molar-refractivity contribution in [2.24, 2.45) is 0 Å². The van der Waals surface area contributed by atoms with Crippen LogP contribution in [0.1, 0.15) is 18.1 Å². The van der Waals surface area contributed by atoms with Gasteiger partial charge in [-0.1, -0.05) is 60.7 Å². The fourth-order valence-electron chi connectivity index (χ4n) is 2.66. The van der Waals surface area contributed by atoms with Crippen molar-refractivity contribution in [3.63, 3.8) is 0 Å². The summed E-state index contributed by atoms with van der Waals surface area (Å²) in [6, 6.07) is 17.7. The fourth-order valence-corrected chi connectivity index (χ4v) is 3.74. The number of esters is 1. The van der Waals surface area contributed by atoms with Gasteiger partial charge in [0.2, 0.25) is 0 Å². The molecule has 0 unspecified atom stereocenters. The van der Waals surface area contributed by atoms with Crippen molar-refractivity contribution in [2.45, 2.75) is 24.9 Å².